The topological polar surface area (TPSA) is 64.8 Å². The van der Waals surface area contributed by atoms with Crippen LogP contribution in [0.25, 0.3) is 0 Å². The van der Waals surface area contributed by atoms with E-state index in [1.165, 1.54) is 7.11 Å². The zero-order chi connectivity index (χ0) is 15.3. The molecule has 0 aromatic heterocycles. The smallest absolute Gasteiger partial charge is 0.257 e. The Balaban J connectivity index is 3.03. The van der Waals surface area contributed by atoms with Gasteiger partial charge in [-0.25, -0.2) is 0 Å². The van der Waals surface area contributed by atoms with Crippen LogP contribution >= 0.6 is 12.2 Å². The molecule has 0 bridgehead atoms. The van der Waals surface area contributed by atoms with E-state index < -0.39 is 0 Å². The molecule has 110 valence electrons. The summed E-state index contributed by atoms with van der Waals surface area (Å²) in [6.45, 7) is 1.89. The van der Waals surface area contributed by atoms with E-state index in [-0.39, 0.29) is 11.9 Å². The van der Waals surface area contributed by atoms with Gasteiger partial charge in [-0.05, 0) is 25.1 Å². The van der Waals surface area contributed by atoms with E-state index in [1.54, 1.807) is 37.3 Å². The first-order valence-electron chi connectivity index (χ1n) is 6.18. The predicted octanol–water partition coefficient (Wildman–Crippen LogP) is 1.84. The standard InChI is InChI=1S/C14H20N2O3S/c1-9(7-13(15)20)16(2)14(17)11-8-10(18-3)5-6-12(11)19-4/h5-6,8-9H,7H2,1-4H3,(H2,15,20). The number of nitrogens with two attached hydrogens (primary N) is 1. The molecule has 0 spiro atoms. The van der Waals surface area contributed by atoms with Gasteiger partial charge < -0.3 is 20.1 Å². The SMILES string of the molecule is COc1ccc(OC)c(C(=O)N(C)C(C)CC(N)=S)c1. The number of nitrogens with zero attached hydrogens (tertiary/aromatic N) is 1. The lowest BCUT2D eigenvalue weighted by molar-refractivity contribution is 0.0744. The molecule has 0 heterocycles. The van der Waals surface area contributed by atoms with Gasteiger partial charge in [0.15, 0.2) is 0 Å². The van der Waals surface area contributed by atoms with E-state index in [2.05, 4.69) is 0 Å². The summed E-state index contributed by atoms with van der Waals surface area (Å²) in [6.07, 6.45) is 0.476. The molecule has 2 N–H and O–H groups in total. The maximum absolute atomic E-state index is 12.5. The first-order chi connectivity index (χ1) is 9.40. The maximum atomic E-state index is 12.5. The van der Waals surface area contributed by atoms with Crippen molar-refractivity contribution in [2.75, 3.05) is 21.3 Å². The molecule has 0 radical (unpaired) electrons. The zero-order valence-corrected chi connectivity index (χ0v) is 13.0. The van der Waals surface area contributed by atoms with Gasteiger partial charge in [0.2, 0.25) is 0 Å². The van der Waals surface area contributed by atoms with Crippen LogP contribution in [0.2, 0.25) is 0 Å². The molecular weight excluding hydrogens is 276 g/mol. The van der Waals surface area contributed by atoms with Crippen LogP contribution < -0.4 is 15.2 Å². The molecule has 0 fully saturated rings. The highest BCUT2D eigenvalue weighted by Crippen LogP contribution is 2.25. The summed E-state index contributed by atoms with van der Waals surface area (Å²) in [5.74, 6) is 0.944. The second-order valence-electron chi connectivity index (χ2n) is 4.50. The fourth-order valence-electron chi connectivity index (χ4n) is 1.80. The van der Waals surface area contributed by atoms with E-state index in [1.807, 2.05) is 6.92 Å². The van der Waals surface area contributed by atoms with Gasteiger partial charge in [-0.3, -0.25) is 4.79 Å². The number of benzene rings is 1. The molecule has 0 aliphatic rings. The Hall–Kier alpha value is -1.82. The number of thiocarbonyl (C=S) groups is 1. The fourth-order valence-corrected chi connectivity index (χ4v) is 2.04. The van der Waals surface area contributed by atoms with E-state index >= 15 is 0 Å². The Kier molecular flexibility index (Phi) is 5.76. The predicted molar refractivity (Wildman–Crippen MR) is 82.5 cm³/mol. The number of carbonyl (C=O) groups excluding carboxylic acids is 1. The summed E-state index contributed by atoms with van der Waals surface area (Å²) in [7, 11) is 4.79. The quantitative estimate of drug-likeness (QED) is 0.812. The summed E-state index contributed by atoms with van der Waals surface area (Å²) in [6, 6.07) is 5.02. The lowest BCUT2D eigenvalue weighted by atomic mass is 10.1. The van der Waals surface area contributed by atoms with Crippen LogP contribution in [0.1, 0.15) is 23.7 Å². The largest absolute Gasteiger partial charge is 0.497 e. The van der Waals surface area contributed by atoms with Crippen LogP contribution in [0, 0.1) is 0 Å². The van der Waals surface area contributed by atoms with Crippen molar-refractivity contribution in [2.45, 2.75) is 19.4 Å². The minimum absolute atomic E-state index is 0.0871. The molecule has 6 heteroatoms. The second kappa shape index (κ2) is 7.09. The van der Waals surface area contributed by atoms with E-state index in [0.29, 0.717) is 28.5 Å². The van der Waals surface area contributed by atoms with Crippen molar-refractivity contribution in [3.63, 3.8) is 0 Å². The van der Waals surface area contributed by atoms with Crippen molar-refractivity contribution in [3.05, 3.63) is 23.8 Å². The lowest BCUT2D eigenvalue weighted by Crippen LogP contribution is -2.37. The number of ether oxygens (including phenoxy) is 2. The highest BCUT2D eigenvalue weighted by Gasteiger charge is 2.21. The van der Waals surface area contributed by atoms with Crippen molar-refractivity contribution < 1.29 is 14.3 Å². The monoisotopic (exact) mass is 296 g/mol. The van der Waals surface area contributed by atoms with Crippen molar-refractivity contribution in [2.24, 2.45) is 5.73 Å². The highest BCUT2D eigenvalue weighted by atomic mass is 32.1. The summed E-state index contributed by atoms with van der Waals surface area (Å²) < 4.78 is 10.4. The molecule has 1 aromatic carbocycles. The number of amides is 1. The van der Waals surface area contributed by atoms with Gasteiger partial charge in [-0.15, -0.1) is 0 Å². The number of hydrogen-bond donors (Lipinski definition) is 1. The molecule has 1 atom stereocenters. The zero-order valence-electron chi connectivity index (χ0n) is 12.2. The van der Waals surface area contributed by atoms with Crippen molar-refractivity contribution in [1.29, 1.82) is 0 Å². The van der Waals surface area contributed by atoms with Gasteiger partial charge in [0.25, 0.3) is 5.91 Å². The van der Waals surface area contributed by atoms with Gasteiger partial charge in [-0.2, -0.15) is 0 Å². The molecular formula is C14H20N2O3S. The van der Waals surface area contributed by atoms with E-state index in [0.717, 1.165) is 0 Å². The Bertz CT molecular complexity index is 505. The van der Waals surface area contributed by atoms with Gasteiger partial charge in [0.1, 0.15) is 11.5 Å². The Labute approximate surface area is 124 Å². The number of methoxy groups -OCH3 is 2. The third-order valence-corrected chi connectivity index (χ3v) is 3.28. The first-order valence-corrected chi connectivity index (χ1v) is 6.59. The third kappa shape index (κ3) is 3.84. The van der Waals surface area contributed by atoms with Gasteiger partial charge in [-0.1, -0.05) is 12.2 Å². The molecule has 1 rings (SSSR count). The summed E-state index contributed by atoms with van der Waals surface area (Å²) in [5, 5.41) is 0. The highest BCUT2D eigenvalue weighted by molar-refractivity contribution is 7.80. The van der Waals surface area contributed by atoms with E-state index in [4.69, 9.17) is 27.4 Å². The van der Waals surface area contributed by atoms with Crippen molar-refractivity contribution in [1.82, 2.24) is 4.90 Å². The maximum Gasteiger partial charge on any atom is 0.257 e. The van der Waals surface area contributed by atoms with Crippen LogP contribution in [0.3, 0.4) is 0 Å². The van der Waals surface area contributed by atoms with Gasteiger partial charge >= 0.3 is 0 Å². The first kappa shape index (κ1) is 16.2. The van der Waals surface area contributed by atoms with Crippen molar-refractivity contribution in [3.8, 4) is 11.5 Å². The molecule has 20 heavy (non-hydrogen) atoms. The fraction of sp³-hybridized carbons (Fsp3) is 0.429. The van der Waals surface area contributed by atoms with Gasteiger partial charge in [0, 0.05) is 19.5 Å². The molecule has 0 aliphatic carbocycles. The van der Waals surface area contributed by atoms with Crippen LogP contribution in [-0.2, 0) is 0 Å². The summed E-state index contributed by atoms with van der Waals surface area (Å²) in [5.41, 5.74) is 5.97. The Morgan fingerprint density at radius 2 is 2.05 bits per heavy atom. The molecule has 0 saturated carbocycles. The van der Waals surface area contributed by atoms with Crippen LogP contribution in [-0.4, -0.2) is 43.1 Å². The van der Waals surface area contributed by atoms with Crippen LogP contribution in [0.15, 0.2) is 18.2 Å². The minimum atomic E-state index is -0.162. The molecule has 5 nitrogen and oxygen atoms in total. The minimum Gasteiger partial charge on any atom is -0.497 e. The molecule has 0 aliphatic heterocycles. The third-order valence-electron chi connectivity index (χ3n) is 3.12. The van der Waals surface area contributed by atoms with Crippen LogP contribution in [0.5, 0.6) is 11.5 Å². The second-order valence-corrected chi connectivity index (χ2v) is 5.03. The Morgan fingerprint density at radius 1 is 1.40 bits per heavy atom. The normalized spacial score (nSPS) is 11.6. The number of rotatable bonds is 6. The lowest BCUT2D eigenvalue weighted by Gasteiger charge is -2.25. The molecule has 1 aromatic rings. The average molecular weight is 296 g/mol. The average Bonchev–Trinajstić information content (AvgIpc) is 2.44. The number of hydrogen-bond acceptors (Lipinski definition) is 4. The van der Waals surface area contributed by atoms with E-state index in [9.17, 15) is 4.79 Å². The Morgan fingerprint density at radius 3 is 2.55 bits per heavy atom. The molecule has 1 amide bonds. The summed E-state index contributed by atoms with van der Waals surface area (Å²) >= 11 is 4.88. The molecule has 1 unspecified atom stereocenters. The number of carbonyl (C=O) groups is 1. The van der Waals surface area contributed by atoms with Gasteiger partial charge in [0.05, 0.1) is 24.8 Å². The summed E-state index contributed by atoms with van der Waals surface area (Å²) in [4.78, 5) is 14.5. The van der Waals surface area contributed by atoms with Crippen LogP contribution in [0.4, 0.5) is 0 Å². The molecule has 0 saturated heterocycles. The van der Waals surface area contributed by atoms with Crippen molar-refractivity contribution >= 4 is 23.1 Å².